The molecule has 1 N–H and O–H groups in total. The Morgan fingerprint density at radius 3 is 2.19 bits per heavy atom. The molecule has 0 atom stereocenters. The first-order valence-corrected chi connectivity index (χ1v) is 9.74. The molecule has 2 aromatic carbocycles. The van der Waals surface area contributed by atoms with E-state index < -0.39 is 15.9 Å². The van der Waals surface area contributed by atoms with Crippen molar-refractivity contribution in [1.29, 1.82) is 0 Å². The zero-order valence-electron chi connectivity index (χ0n) is 15.0. The van der Waals surface area contributed by atoms with Crippen LogP contribution in [0.15, 0.2) is 59.7 Å². The van der Waals surface area contributed by atoms with Crippen molar-refractivity contribution in [2.75, 3.05) is 36.1 Å². The van der Waals surface area contributed by atoms with E-state index in [-0.39, 0.29) is 6.54 Å². The van der Waals surface area contributed by atoms with Crippen LogP contribution in [0, 0.1) is 0 Å². The van der Waals surface area contributed by atoms with Gasteiger partial charge in [0.15, 0.2) is 0 Å². The monoisotopic (exact) mass is 374 g/mol. The van der Waals surface area contributed by atoms with Gasteiger partial charge >= 0.3 is 0 Å². The molecule has 0 spiro atoms. The second-order valence-corrected chi connectivity index (χ2v) is 7.79. The number of anilines is 2. The van der Waals surface area contributed by atoms with Gasteiger partial charge in [0.25, 0.3) is 5.91 Å². The average molecular weight is 374 g/mol. The van der Waals surface area contributed by atoms with Crippen LogP contribution < -0.4 is 14.6 Å². The fraction of sp³-hybridized carbons (Fsp3) is 0.222. The van der Waals surface area contributed by atoms with Gasteiger partial charge in [-0.05, 0) is 29.8 Å². The maximum atomic E-state index is 12.1. The van der Waals surface area contributed by atoms with Crippen molar-refractivity contribution >= 4 is 33.5 Å². The largest absolute Gasteiger partial charge is 0.378 e. The fourth-order valence-electron chi connectivity index (χ4n) is 2.20. The number of carbonyl (C=O) groups is 1. The molecule has 8 heteroatoms. The molecule has 0 aliphatic rings. The van der Waals surface area contributed by atoms with Crippen LogP contribution in [0.1, 0.15) is 5.56 Å². The van der Waals surface area contributed by atoms with Gasteiger partial charge in [-0.15, -0.1) is 0 Å². The van der Waals surface area contributed by atoms with E-state index in [0.717, 1.165) is 21.8 Å². The number of nitrogens with zero attached hydrogens (tertiary/aromatic N) is 3. The molecule has 2 aromatic rings. The van der Waals surface area contributed by atoms with Crippen LogP contribution in [0.3, 0.4) is 0 Å². The second kappa shape index (κ2) is 8.48. The van der Waals surface area contributed by atoms with Crippen LogP contribution in [0.4, 0.5) is 11.4 Å². The number of nitrogens with one attached hydrogen (secondary N) is 1. The van der Waals surface area contributed by atoms with Gasteiger partial charge in [0, 0.05) is 19.8 Å². The fourth-order valence-corrected chi connectivity index (χ4v) is 3.05. The highest BCUT2D eigenvalue weighted by Crippen LogP contribution is 2.16. The Bertz CT molecular complexity index is 863. The van der Waals surface area contributed by atoms with Crippen molar-refractivity contribution in [3.8, 4) is 0 Å². The maximum Gasteiger partial charge on any atom is 0.260 e. The molecule has 0 fully saturated rings. The summed E-state index contributed by atoms with van der Waals surface area (Å²) in [6.07, 6.45) is 2.56. The topological polar surface area (TPSA) is 82.1 Å². The molecule has 0 saturated carbocycles. The summed E-state index contributed by atoms with van der Waals surface area (Å²) in [6, 6.07) is 16.1. The van der Waals surface area contributed by atoms with Gasteiger partial charge in [-0.1, -0.05) is 30.3 Å². The van der Waals surface area contributed by atoms with Gasteiger partial charge in [0.05, 0.1) is 18.2 Å². The molecule has 138 valence electrons. The number of benzene rings is 2. The molecule has 0 aliphatic carbocycles. The molecular weight excluding hydrogens is 352 g/mol. The molecule has 0 aromatic heterocycles. The van der Waals surface area contributed by atoms with Crippen molar-refractivity contribution < 1.29 is 13.2 Å². The number of sulfonamides is 1. The van der Waals surface area contributed by atoms with Crippen LogP contribution in [-0.2, 0) is 14.8 Å². The smallest absolute Gasteiger partial charge is 0.260 e. The molecule has 7 nitrogen and oxygen atoms in total. The minimum atomic E-state index is -3.59. The third-order valence-electron chi connectivity index (χ3n) is 3.54. The van der Waals surface area contributed by atoms with Gasteiger partial charge < -0.3 is 4.90 Å². The third kappa shape index (κ3) is 5.59. The number of hydrogen-bond donors (Lipinski definition) is 1. The van der Waals surface area contributed by atoms with E-state index in [4.69, 9.17) is 0 Å². The summed E-state index contributed by atoms with van der Waals surface area (Å²) in [6.45, 7) is -0.347. The van der Waals surface area contributed by atoms with Gasteiger partial charge in [-0.2, -0.15) is 5.10 Å². The number of hydrogen-bond acceptors (Lipinski definition) is 5. The lowest BCUT2D eigenvalue weighted by Gasteiger charge is -2.21. The van der Waals surface area contributed by atoms with Gasteiger partial charge in [0.2, 0.25) is 10.0 Å². The summed E-state index contributed by atoms with van der Waals surface area (Å²) < 4.78 is 24.9. The Balaban J connectivity index is 2.00. The molecule has 26 heavy (non-hydrogen) atoms. The normalized spacial score (nSPS) is 11.3. The van der Waals surface area contributed by atoms with E-state index in [1.54, 1.807) is 30.3 Å². The van der Waals surface area contributed by atoms with Crippen molar-refractivity contribution in [2.24, 2.45) is 5.10 Å². The lowest BCUT2D eigenvalue weighted by Crippen LogP contribution is -2.38. The third-order valence-corrected chi connectivity index (χ3v) is 4.68. The number of rotatable bonds is 7. The summed E-state index contributed by atoms with van der Waals surface area (Å²) in [5.41, 5.74) is 4.65. The molecule has 0 heterocycles. The van der Waals surface area contributed by atoms with E-state index in [9.17, 15) is 13.2 Å². The Hall–Kier alpha value is -2.87. The first-order valence-electron chi connectivity index (χ1n) is 7.89. The first kappa shape index (κ1) is 19.5. The minimum Gasteiger partial charge on any atom is -0.378 e. The Morgan fingerprint density at radius 1 is 1.04 bits per heavy atom. The van der Waals surface area contributed by atoms with Crippen LogP contribution in [0.5, 0.6) is 0 Å². The van der Waals surface area contributed by atoms with E-state index in [1.165, 1.54) is 6.21 Å². The average Bonchev–Trinajstić information content (AvgIpc) is 2.60. The van der Waals surface area contributed by atoms with Crippen LogP contribution in [0.25, 0.3) is 0 Å². The molecule has 0 aliphatic heterocycles. The Labute approximate surface area is 154 Å². The summed E-state index contributed by atoms with van der Waals surface area (Å²) in [5.74, 6) is -0.527. The number of carbonyl (C=O) groups excluding carboxylic acids is 1. The molecule has 1 amide bonds. The molecule has 0 saturated heterocycles. The summed E-state index contributed by atoms with van der Waals surface area (Å²) in [5, 5.41) is 3.89. The van der Waals surface area contributed by atoms with Crippen molar-refractivity contribution in [3.63, 3.8) is 0 Å². The number of hydrazone groups is 1. The van der Waals surface area contributed by atoms with Crippen LogP contribution in [0.2, 0.25) is 0 Å². The quantitative estimate of drug-likeness (QED) is 0.590. The Morgan fingerprint density at radius 2 is 1.65 bits per heavy atom. The molecule has 0 bridgehead atoms. The highest BCUT2D eigenvalue weighted by atomic mass is 32.2. The van der Waals surface area contributed by atoms with E-state index in [0.29, 0.717) is 5.69 Å². The van der Waals surface area contributed by atoms with Crippen molar-refractivity contribution in [3.05, 3.63) is 60.2 Å². The van der Waals surface area contributed by atoms with Crippen molar-refractivity contribution in [2.45, 2.75) is 0 Å². The van der Waals surface area contributed by atoms with Gasteiger partial charge in [-0.25, -0.2) is 13.8 Å². The predicted molar refractivity (Wildman–Crippen MR) is 105 cm³/mol. The number of amides is 1. The highest BCUT2D eigenvalue weighted by molar-refractivity contribution is 7.92. The molecule has 2 rings (SSSR count). The predicted octanol–water partition coefficient (Wildman–Crippen LogP) is 1.67. The summed E-state index contributed by atoms with van der Waals surface area (Å²) in [7, 11) is 0.309. The zero-order chi connectivity index (χ0) is 19.2. The zero-order valence-corrected chi connectivity index (χ0v) is 15.8. The van der Waals surface area contributed by atoms with E-state index in [1.807, 2.05) is 43.3 Å². The lowest BCUT2D eigenvalue weighted by molar-refractivity contribution is -0.119. The lowest BCUT2D eigenvalue weighted by atomic mass is 10.2. The van der Waals surface area contributed by atoms with Gasteiger partial charge in [-0.3, -0.25) is 9.10 Å². The molecule has 0 unspecified atom stereocenters. The van der Waals surface area contributed by atoms with Crippen molar-refractivity contribution in [1.82, 2.24) is 5.43 Å². The van der Waals surface area contributed by atoms with Crippen LogP contribution in [-0.4, -0.2) is 47.4 Å². The first-order chi connectivity index (χ1) is 12.3. The highest BCUT2D eigenvalue weighted by Gasteiger charge is 2.20. The van der Waals surface area contributed by atoms with Crippen LogP contribution >= 0.6 is 0 Å². The number of para-hydroxylation sites is 1. The standard InChI is InChI=1S/C18H22N4O3S/c1-21(2)16-11-9-15(10-12-16)13-19-20-18(23)14-22(26(3,24)25)17-7-5-4-6-8-17/h4-13H,14H2,1-3H3,(H,20,23)/b19-13-. The molecule has 0 radical (unpaired) electrons. The SMILES string of the molecule is CN(C)c1ccc(/C=N\NC(=O)CN(c2ccccc2)S(C)(=O)=O)cc1. The summed E-state index contributed by atoms with van der Waals surface area (Å²) in [4.78, 5) is 14.0. The second-order valence-electron chi connectivity index (χ2n) is 5.88. The molecular formula is C18H22N4O3S. The maximum absolute atomic E-state index is 12.1. The Kier molecular flexibility index (Phi) is 6.35. The van der Waals surface area contributed by atoms with Gasteiger partial charge in [0.1, 0.15) is 6.54 Å². The minimum absolute atomic E-state index is 0.347. The van der Waals surface area contributed by atoms with E-state index >= 15 is 0 Å². The summed E-state index contributed by atoms with van der Waals surface area (Å²) >= 11 is 0. The van der Waals surface area contributed by atoms with E-state index in [2.05, 4.69) is 10.5 Å².